The predicted octanol–water partition coefficient (Wildman–Crippen LogP) is 3.14. The van der Waals surface area contributed by atoms with Crippen LogP contribution in [0.2, 0.25) is 0 Å². The van der Waals surface area contributed by atoms with Crippen molar-refractivity contribution in [3.63, 3.8) is 0 Å². The van der Waals surface area contributed by atoms with E-state index in [0.717, 1.165) is 5.56 Å². The van der Waals surface area contributed by atoms with Crippen LogP contribution in [0.15, 0.2) is 60.2 Å². The minimum atomic E-state index is -1.10. The van der Waals surface area contributed by atoms with Crippen molar-refractivity contribution in [3.05, 3.63) is 71.3 Å². The van der Waals surface area contributed by atoms with Crippen molar-refractivity contribution in [1.82, 2.24) is 0 Å². The van der Waals surface area contributed by atoms with Gasteiger partial charge < -0.3 is 14.6 Å². The molecule has 2 aromatic carbocycles. The monoisotopic (exact) mass is 326 g/mol. The number of methoxy groups -OCH3 is 2. The predicted molar refractivity (Wildman–Crippen MR) is 89.7 cm³/mol. The SMILES string of the molecule is COC(=O)C(CC(=O)O)=C(c1ccccc1)c1ccc(OC)cc1. The largest absolute Gasteiger partial charge is 0.497 e. The van der Waals surface area contributed by atoms with Crippen LogP contribution in [-0.2, 0) is 14.3 Å². The van der Waals surface area contributed by atoms with E-state index in [1.54, 1.807) is 31.4 Å². The van der Waals surface area contributed by atoms with E-state index >= 15 is 0 Å². The Morgan fingerprint density at radius 3 is 2.00 bits per heavy atom. The van der Waals surface area contributed by atoms with Crippen LogP contribution in [0, 0.1) is 0 Å². The van der Waals surface area contributed by atoms with E-state index in [4.69, 9.17) is 9.47 Å². The molecule has 0 saturated carbocycles. The Kier molecular flexibility index (Phi) is 5.73. The Morgan fingerprint density at radius 1 is 0.917 bits per heavy atom. The number of carboxylic acids is 1. The number of aliphatic carboxylic acids is 1. The lowest BCUT2D eigenvalue weighted by atomic mass is 9.91. The summed E-state index contributed by atoms with van der Waals surface area (Å²) < 4.78 is 9.94. The molecule has 1 N–H and O–H groups in total. The topological polar surface area (TPSA) is 72.8 Å². The molecule has 124 valence electrons. The molecule has 0 heterocycles. The zero-order valence-electron chi connectivity index (χ0n) is 13.5. The van der Waals surface area contributed by atoms with Crippen LogP contribution in [-0.4, -0.2) is 31.3 Å². The summed E-state index contributed by atoms with van der Waals surface area (Å²) in [5, 5.41) is 9.19. The van der Waals surface area contributed by atoms with Crippen LogP contribution in [0.25, 0.3) is 5.57 Å². The highest BCUT2D eigenvalue weighted by Gasteiger charge is 2.21. The maximum absolute atomic E-state index is 12.2. The maximum Gasteiger partial charge on any atom is 0.334 e. The lowest BCUT2D eigenvalue weighted by Crippen LogP contribution is -2.12. The summed E-state index contributed by atoms with van der Waals surface area (Å²) in [4.78, 5) is 23.4. The number of esters is 1. The fourth-order valence-corrected chi connectivity index (χ4v) is 2.41. The maximum atomic E-state index is 12.2. The molecule has 0 aromatic heterocycles. The number of hydrogen-bond acceptors (Lipinski definition) is 4. The summed E-state index contributed by atoms with van der Waals surface area (Å²) in [6.07, 6.45) is -0.428. The summed E-state index contributed by atoms with van der Waals surface area (Å²) in [6, 6.07) is 16.2. The third-order valence-electron chi connectivity index (χ3n) is 3.50. The van der Waals surface area contributed by atoms with Gasteiger partial charge >= 0.3 is 11.9 Å². The van der Waals surface area contributed by atoms with E-state index in [0.29, 0.717) is 16.9 Å². The van der Waals surface area contributed by atoms with Gasteiger partial charge in [-0.05, 0) is 28.8 Å². The molecule has 0 fully saturated rings. The zero-order valence-corrected chi connectivity index (χ0v) is 13.5. The van der Waals surface area contributed by atoms with Gasteiger partial charge in [0.25, 0.3) is 0 Å². The Hall–Kier alpha value is -3.08. The second kappa shape index (κ2) is 7.97. The van der Waals surface area contributed by atoms with Crippen molar-refractivity contribution in [3.8, 4) is 5.75 Å². The summed E-state index contributed by atoms with van der Waals surface area (Å²) in [6.45, 7) is 0. The molecule has 0 radical (unpaired) electrons. The van der Waals surface area contributed by atoms with Crippen LogP contribution in [0.5, 0.6) is 5.75 Å². The fourth-order valence-electron chi connectivity index (χ4n) is 2.41. The highest BCUT2D eigenvalue weighted by Crippen LogP contribution is 2.30. The first kappa shape index (κ1) is 17.3. The summed E-state index contributed by atoms with van der Waals surface area (Å²) >= 11 is 0. The van der Waals surface area contributed by atoms with Gasteiger partial charge in [-0.3, -0.25) is 4.79 Å². The number of carboxylic acid groups (broad SMARTS) is 1. The fraction of sp³-hybridized carbons (Fsp3) is 0.158. The molecule has 0 aliphatic rings. The van der Waals surface area contributed by atoms with Crippen molar-refractivity contribution in [1.29, 1.82) is 0 Å². The van der Waals surface area contributed by atoms with Gasteiger partial charge in [-0.2, -0.15) is 0 Å². The van der Waals surface area contributed by atoms with Crippen LogP contribution in [0.1, 0.15) is 17.5 Å². The molecular formula is C19H18O5. The van der Waals surface area contributed by atoms with Gasteiger partial charge in [0.1, 0.15) is 5.75 Å². The van der Waals surface area contributed by atoms with E-state index < -0.39 is 18.4 Å². The Balaban J connectivity index is 2.69. The van der Waals surface area contributed by atoms with Gasteiger partial charge in [-0.25, -0.2) is 4.79 Å². The van der Waals surface area contributed by atoms with Crippen LogP contribution < -0.4 is 4.74 Å². The molecule has 0 bridgehead atoms. The van der Waals surface area contributed by atoms with Crippen molar-refractivity contribution in [2.75, 3.05) is 14.2 Å². The Morgan fingerprint density at radius 2 is 1.50 bits per heavy atom. The van der Waals surface area contributed by atoms with Gasteiger partial charge in [0.15, 0.2) is 0 Å². The molecule has 5 nitrogen and oxygen atoms in total. The average molecular weight is 326 g/mol. The van der Waals surface area contributed by atoms with Crippen LogP contribution >= 0.6 is 0 Å². The highest BCUT2D eigenvalue weighted by molar-refractivity contribution is 6.04. The minimum Gasteiger partial charge on any atom is -0.497 e. The third kappa shape index (κ3) is 4.01. The summed E-state index contributed by atoms with van der Waals surface area (Å²) in [5.41, 5.74) is 2.09. The Labute approximate surface area is 140 Å². The normalized spacial score (nSPS) is 11.4. The smallest absolute Gasteiger partial charge is 0.334 e. The zero-order chi connectivity index (χ0) is 17.5. The first-order chi connectivity index (χ1) is 11.6. The van der Waals surface area contributed by atoms with Crippen LogP contribution in [0.3, 0.4) is 0 Å². The van der Waals surface area contributed by atoms with E-state index in [1.165, 1.54) is 7.11 Å². The molecule has 0 unspecified atom stereocenters. The van der Waals surface area contributed by atoms with E-state index in [1.807, 2.05) is 30.3 Å². The molecule has 24 heavy (non-hydrogen) atoms. The summed E-state index contributed by atoms with van der Waals surface area (Å²) in [7, 11) is 2.80. The second-order valence-electron chi connectivity index (χ2n) is 5.01. The van der Waals surface area contributed by atoms with E-state index in [2.05, 4.69) is 0 Å². The lowest BCUT2D eigenvalue weighted by Gasteiger charge is -2.14. The number of benzene rings is 2. The molecule has 2 rings (SSSR count). The molecule has 0 aliphatic heterocycles. The molecule has 5 heteroatoms. The van der Waals surface area contributed by atoms with Crippen molar-refractivity contribution < 1.29 is 24.2 Å². The number of hydrogen-bond donors (Lipinski definition) is 1. The number of carbonyl (C=O) groups is 2. The molecule has 2 aromatic rings. The van der Waals surface area contributed by atoms with Gasteiger partial charge in [0, 0.05) is 0 Å². The molecule has 0 aliphatic carbocycles. The van der Waals surface area contributed by atoms with Crippen LogP contribution in [0.4, 0.5) is 0 Å². The average Bonchev–Trinajstić information content (AvgIpc) is 2.61. The molecule has 0 amide bonds. The van der Waals surface area contributed by atoms with Crippen molar-refractivity contribution >= 4 is 17.5 Å². The quantitative estimate of drug-likeness (QED) is 0.652. The van der Waals surface area contributed by atoms with Gasteiger partial charge in [-0.15, -0.1) is 0 Å². The van der Waals surface area contributed by atoms with E-state index in [9.17, 15) is 14.7 Å². The molecule has 0 atom stereocenters. The molecule has 0 spiro atoms. The number of carbonyl (C=O) groups excluding carboxylic acids is 1. The van der Waals surface area contributed by atoms with Crippen molar-refractivity contribution in [2.45, 2.75) is 6.42 Å². The number of rotatable bonds is 6. The lowest BCUT2D eigenvalue weighted by molar-refractivity contribution is -0.141. The van der Waals surface area contributed by atoms with Crippen molar-refractivity contribution in [2.24, 2.45) is 0 Å². The highest BCUT2D eigenvalue weighted by atomic mass is 16.5. The van der Waals surface area contributed by atoms with Gasteiger partial charge in [0.2, 0.25) is 0 Å². The first-order valence-corrected chi connectivity index (χ1v) is 7.30. The standard InChI is InChI=1S/C19H18O5/c1-23-15-10-8-14(9-11-15)18(13-6-4-3-5-7-13)16(12-17(20)21)19(22)24-2/h3-11H,12H2,1-2H3,(H,20,21). The first-order valence-electron chi connectivity index (χ1n) is 7.30. The molecule has 0 saturated heterocycles. The third-order valence-corrected chi connectivity index (χ3v) is 3.50. The van der Waals surface area contributed by atoms with Gasteiger partial charge in [-0.1, -0.05) is 42.5 Å². The summed E-state index contributed by atoms with van der Waals surface area (Å²) in [5.74, 6) is -1.09. The number of ether oxygens (including phenoxy) is 2. The second-order valence-corrected chi connectivity index (χ2v) is 5.01. The van der Waals surface area contributed by atoms with E-state index in [-0.39, 0.29) is 5.57 Å². The van der Waals surface area contributed by atoms with Gasteiger partial charge in [0.05, 0.1) is 26.2 Å². The molecular weight excluding hydrogens is 308 g/mol. The minimum absolute atomic E-state index is 0.0985. The Bertz CT molecular complexity index is 745.